The summed E-state index contributed by atoms with van der Waals surface area (Å²) in [6.45, 7) is 0. The summed E-state index contributed by atoms with van der Waals surface area (Å²) in [6, 6.07) is 11.5. The molecular formula is C17H10F6I2N2. The van der Waals surface area contributed by atoms with E-state index in [2.05, 4.69) is 4.99 Å². The van der Waals surface area contributed by atoms with Crippen LogP contribution in [0, 0.1) is 7.14 Å². The first-order chi connectivity index (χ1) is 12.4. The van der Waals surface area contributed by atoms with Crippen LogP contribution in [0.4, 0.5) is 37.7 Å². The second-order valence-electron chi connectivity index (χ2n) is 5.17. The number of hydrogen-bond acceptors (Lipinski definition) is 2. The Balaban J connectivity index is 2.51. The zero-order chi connectivity index (χ0) is 20.2. The first-order valence-corrected chi connectivity index (χ1v) is 9.34. The fraction of sp³-hybridized carbons (Fsp3) is 0.118. The Morgan fingerprint density at radius 2 is 1.44 bits per heavy atom. The number of aliphatic imine (C=N–C) groups is 1. The third-order valence-electron chi connectivity index (χ3n) is 3.04. The summed E-state index contributed by atoms with van der Waals surface area (Å²) in [5.41, 5.74) is -3.30. The van der Waals surface area contributed by atoms with E-state index >= 15 is 0 Å². The molecule has 0 saturated heterocycles. The van der Waals surface area contributed by atoms with Crippen molar-refractivity contribution in [1.82, 2.24) is 0 Å². The summed E-state index contributed by atoms with van der Waals surface area (Å²) in [6.07, 6.45) is -10.1. The zero-order valence-electron chi connectivity index (χ0n) is 13.2. The van der Waals surface area contributed by atoms with Crippen molar-refractivity contribution in [2.45, 2.75) is 12.4 Å². The molecule has 0 heterocycles. The minimum atomic E-state index is -5.06. The van der Waals surface area contributed by atoms with E-state index in [-0.39, 0.29) is 17.5 Å². The quantitative estimate of drug-likeness (QED) is 0.223. The van der Waals surface area contributed by atoms with Gasteiger partial charge in [0, 0.05) is 12.8 Å². The average molecular weight is 610 g/mol. The number of nitrogens with one attached hydrogen (secondary N) is 1. The maximum Gasteiger partial charge on any atom is 0.433 e. The van der Waals surface area contributed by atoms with Crippen LogP contribution in [0.15, 0.2) is 65.3 Å². The molecule has 1 N–H and O–H groups in total. The number of rotatable bonds is 4. The van der Waals surface area contributed by atoms with Gasteiger partial charge in [0.25, 0.3) is 0 Å². The lowest BCUT2D eigenvalue weighted by molar-refractivity contribution is -0.0904. The Kier molecular flexibility index (Phi) is 7.16. The second-order valence-corrected chi connectivity index (χ2v) is 7.66. The number of benzene rings is 2. The van der Waals surface area contributed by atoms with Gasteiger partial charge < -0.3 is 5.32 Å². The molecule has 0 saturated carbocycles. The van der Waals surface area contributed by atoms with E-state index < -0.39 is 23.8 Å². The number of allylic oxidation sites excluding steroid dienone is 2. The van der Waals surface area contributed by atoms with E-state index in [0.717, 1.165) is 0 Å². The van der Waals surface area contributed by atoms with Crippen molar-refractivity contribution in [2.24, 2.45) is 4.99 Å². The molecule has 0 radical (unpaired) electrons. The van der Waals surface area contributed by atoms with E-state index in [1.165, 1.54) is 36.4 Å². The maximum absolute atomic E-state index is 13.3. The Bertz CT molecular complexity index is 872. The predicted octanol–water partition coefficient (Wildman–Crippen LogP) is 7.09. The molecule has 0 bridgehead atoms. The Morgan fingerprint density at radius 3 is 1.96 bits per heavy atom. The van der Waals surface area contributed by atoms with Gasteiger partial charge in [-0.3, -0.25) is 0 Å². The van der Waals surface area contributed by atoms with Crippen molar-refractivity contribution in [3.8, 4) is 0 Å². The first-order valence-electron chi connectivity index (χ1n) is 7.18. The van der Waals surface area contributed by atoms with Gasteiger partial charge in [-0.05, 0) is 87.7 Å². The van der Waals surface area contributed by atoms with E-state index in [1.54, 1.807) is 12.1 Å². The van der Waals surface area contributed by atoms with Crippen molar-refractivity contribution in [3.05, 3.63) is 67.4 Å². The van der Waals surface area contributed by atoms with Crippen LogP contribution in [0.1, 0.15) is 0 Å². The summed E-state index contributed by atoms with van der Waals surface area (Å²) in [5.74, 6) is 0. The van der Waals surface area contributed by atoms with Gasteiger partial charge in [0.05, 0.1) is 5.69 Å². The highest BCUT2D eigenvalue weighted by molar-refractivity contribution is 14.1. The van der Waals surface area contributed by atoms with Crippen molar-refractivity contribution in [3.63, 3.8) is 0 Å². The largest absolute Gasteiger partial charge is 0.433 e. The van der Waals surface area contributed by atoms with Gasteiger partial charge in [0.2, 0.25) is 0 Å². The molecule has 27 heavy (non-hydrogen) atoms. The lowest BCUT2D eigenvalue weighted by atomic mass is 10.2. The molecular weight excluding hydrogens is 600 g/mol. The van der Waals surface area contributed by atoms with Gasteiger partial charge in [-0.25, -0.2) is 4.99 Å². The van der Waals surface area contributed by atoms with Crippen LogP contribution in [0.3, 0.4) is 0 Å². The molecule has 0 unspecified atom stereocenters. The maximum atomic E-state index is 13.3. The molecule has 0 aromatic heterocycles. The van der Waals surface area contributed by atoms with Gasteiger partial charge in [0.1, 0.15) is 11.4 Å². The minimum absolute atomic E-state index is 0.0151. The molecule has 0 aliphatic heterocycles. The van der Waals surface area contributed by atoms with Gasteiger partial charge in [-0.1, -0.05) is 12.1 Å². The average Bonchev–Trinajstić information content (AvgIpc) is 2.51. The molecule has 2 aromatic rings. The molecule has 0 aliphatic rings. The Labute approximate surface area is 178 Å². The molecule has 2 rings (SSSR count). The summed E-state index contributed by atoms with van der Waals surface area (Å²) in [7, 11) is 0. The summed E-state index contributed by atoms with van der Waals surface area (Å²) >= 11 is 3.75. The molecule has 10 heteroatoms. The SMILES string of the molecule is FC(F)(F)C(/C=C(\Nc1cccc(I)c1)C(F)(F)F)=Nc1cccc(I)c1. The number of alkyl halides is 6. The van der Waals surface area contributed by atoms with Crippen molar-refractivity contribution < 1.29 is 26.3 Å². The molecule has 2 aromatic carbocycles. The lowest BCUT2D eigenvalue weighted by Gasteiger charge is -2.16. The standard InChI is InChI=1S/C17H10F6I2N2/c18-16(19,20)14(26-12-5-1-3-10(24)7-12)9-15(17(21,22)23)27-13-6-2-4-11(25)8-13/h1-9,26H/b14-9-,27-15?. The van der Waals surface area contributed by atoms with Crippen molar-refractivity contribution in [2.75, 3.05) is 5.32 Å². The van der Waals surface area contributed by atoms with Crippen LogP contribution < -0.4 is 5.32 Å². The van der Waals surface area contributed by atoms with Crippen LogP contribution >= 0.6 is 45.2 Å². The van der Waals surface area contributed by atoms with Gasteiger partial charge in [-0.15, -0.1) is 0 Å². The monoisotopic (exact) mass is 610 g/mol. The highest BCUT2D eigenvalue weighted by Crippen LogP contribution is 2.31. The molecule has 144 valence electrons. The topological polar surface area (TPSA) is 24.4 Å². The normalized spacial score (nSPS) is 13.6. The predicted molar refractivity (Wildman–Crippen MR) is 109 cm³/mol. The molecule has 0 spiro atoms. The summed E-state index contributed by atoms with van der Waals surface area (Å²) in [4.78, 5) is 3.37. The number of nitrogens with zero attached hydrogens (tertiary/aromatic N) is 1. The third kappa shape index (κ3) is 6.97. The Hall–Kier alpha value is -1.31. The number of hydrogen-bond donors (Lipinski definition) is 1. The number of anilines is 1. The molecule has 0 fully saturated rings. The minimum Gasteiger partial charge on any atom is -0.351 e. The van der Waals surface area contributed by atoms with E-state index in [9.17, 15) is 26.3 Å². The zero-order valence-corrected chi connectivity index (χ0v) is 17.5. The smallest absolute Gasteiger partial charge is 0.351 e. The van der Waals surface area contributed by atoms with Gasteiger partial charge in [-0.2, -0.15) is 26.3 Å². The lowest BCUT2D eigenvalue weighted by Crippen LogP contribution is -2.26. The summed E-state index contributed by atoms with van der Waals surface area (Å²) < 4.78 is 81.0. The van der Waals surface area contributed by atoms with Crippen molar-refractivity contribution >= 4 is 62.3 Å². The van der Waals surface area contributed by atoms with Crippen LogP contribution in [0.25, 0.3) is 0 Å². The molecule has 0 aliphatic carbocycles. The molecule has 0 amide bonds. The van der Waals surface area contributed by atoms with E-state index in [0.29, 0.717) is 7.14 Å². The van der Waals surface area contributed by atoms with Crippen LogP contribution in [-0.2, 0) is 0 Å². The fourth-order valence-electron chi connectivity index (χ4n) is 1.91. The van der Waals surface area contributed by atoms with E-state index in [4.69, 9.17) is 0 Å². The Morgan fingerprint density at radius 1 is 0.852 bits per heavy atom. The van der Waals surface area contributed by atoms with Crippen LogP contribution in [0.5, 0.6) is 0 Å². The van der Waals surface area contributed by atoms with Crippen molar-refractivity contribution in [1.29, 1.82) is 0 Å². The third-order valence-corrected chi connectivity index (χ3v) is 4.38. The number of halogens is 8. The van der Waals surface area contributed by atoms with Gasteiger partial charge in [0.15, 0.2) is 0 Å². The summed E-state index contributed by atoms with van der Waals surface area (Å²) in [5, 5.41) is 2.01. The van der Waals surface area contributed by atoms with Crippen LogP contribution in [-0.4, -0.2) is 18.1 Å². The van der Waals surface area contributed by atoms with Crippen LogP contribution in [0.2, 0.25) is 0 Å². The first kappa shape index (κ1) is 22.0. The van der Waals surface area contributed by atoms with Gasteiger partial charge >= 0.3 is 12.4 Å². The highest BCUT2D eigenvalue weighted by atomic mass is 127. The molecule has 0 atom stereocenters. The molecule has 2 nitrogen and oxygen atoms in total. The second kappa shape index (κ2) is 8.80. The van der Waals surface area contributed by atoms with E-state index in [1.807, 2.05) is 50.5 Å². The highest BCUT2D eigenvalue weighted by Gasteiger charge is 2.40. The fourth-order valence-corrected chi connectivity index (χ4v) is 2.98.